The summed E-state index contributed by atoms with van der Waals surface area (Å²) in [5, 5.41) is 2.89. The number of nitrogens with one attached hydrogen (secondary N) is 1. The van der Waals surface area contributed by atoms with Gasteiger partial charge in [-0.05, 0) is 31.2 Å². The number of sulfone groups is 1. The van der Waals surface area contributed by atoms with Crippen molar-refractivity contribution in [3.63, 3.8) is 0 Å². The Balaban J connectivity index is 2.86. The summed E-state index contributed by atoms with van der Waals surface area (Å²) in [4.78, 5) is 11.3. The van der Waals surface area contributed by atoms with E-state index >= 15 is 0 Å². The maximum absolute atomic E-state index is 11.7. The monoisotopic (exact) mass is 261 g/mol. The van der Waals surface area contributed by atoms with Crippen molar-refractivity contribution in [3.05, 3.63) is 29.3 Å². The number of carbonyl (C=O) groups is 1. The Morgan fingerprint density at radius 3 is 2.38 bits per heavy atom. The van der Waals surface area contributed by atoms with Crippen LogP contribution in [0.5, 0.6) is 0 Å². The molecule has 0 atom stereocenters. The fraction of sp³-hybridized carbons (Fsp3) is 0.300. The van der Waals surface area contributed by atoms with E-state index in [1.807, 2.05) is 0 Å². The Hall–Kier alpha value is -1.07. The molecule has 0 unspecified atom stereocenters. The second-order valence-corrected chi connectivity index (χ2v) is 5.59. The Morgan fingerprint density at radius 1 is 1.31 bits per heavy atom. The van der Waals surface area contributed by atoms with Gasteiger partial charge in [0.2, 0.25) is 5.91 Å². The molecule has 1 N–H and O–H groups in total. The van der Waals surface area contributed by atoms with Crippen LogP contribution in [0.25, 0.3) is 0 Å². The molecule has 88 valence electrons. The molecule has 0 radical (unpaired) electrons. The van der Waals surface area contributed by atoms with E-state index < -0.39 is 21.5 Å². The van der Waals surface area contributed by atoms with Crippen molar-refractivity contribution < 1.29 is 13.2 Å². The highest BCUT2D eigenvalue weighted by Gasteiger charge is 2.18. The highest BCUT2D eigenvalue weighted by Crippen LogP contribution is 2.15. The lowest BCUT2D eigenvalue weighted by Gasteiger charge is -2.04. The molecular formula is C10H12ClNO3S. The molecule has 16 heavy (non-hydrogen) atoms. The molecule has 4 nitrogen and oxygen atoms in total. The zero-order chi connectivity index (χ0) is 12.2. The van der Waals surface area contributed by atoms with Crippen LogP contribution in [0.15, 0.2) is 29.2 Å². The van der Waals surface area contributed by atoms with Gasteiger partial charge in [-0.3, -0.25) is 4.79 Å². The third-order valence-electron chi connectivity index (χ3n) is 1.87. The lowest BCUT2D eigenvalue weighted by Crippen LogP contribution is -2.29. The van der Waals surface area contributed by atoms with Gasteiger partial charge in [0, 0.05) is 11.6 Å². The van der Waals surface area contributed by atoms with Gasteiger partial charge < -0.3 is 5.32 Å². The highest BCUT2D eigenvalue weighted by molar-refractivity contribution is 7.92. The molecule has 0 aliphatic heterocycles. The first kappa shape index (κ1) is 13.0. The van der Waals surface area contributed by atoms with E-state index in [0.29, 0.717) is 11.6 Å². The summed E-state index contributed by atoms with van der Waals surface area (Å²) in [6.07, 6.45) is 0. The summed E-state index contributed by atoms with van der Waals surface area (Å²) >= 11 is 5.64. The van der Waals surface area contributed by atoms with Gasteiger partial charge in [0.05, 0.1) is 4.90 Å². The van der Waals surface area contributed by atoms with E-state index in [0.717, 1.165) is 0 Å². The van der Waals surface area contributed by atoms with Crippen molar-refractivity contribution in [1.82, 2.24) is 5.32 Å². The number of halogens is 1. The van der Waals surface area contributed by atoms with Gasteiger partial charge in [-0.1, -0.05) is 11.6 Å². The van der Waals surface area contributed by atoms with Crippen LogP contribution in [-0.2, 0) is 14.6 Å². The molecule has 0 aliphatic rings. The molecule has 0 fully saturated rings. The topological polar surface area (TPSA) is 63.2 Å². The molecule has 0 saturated heterocycles. The maximum atomic E-state index is 11.7. The van der Waals surface area contributed by atoms with Gasteiger partial charge in [-0.25, -0.2) is 8.42 Å². The molecule has 0 heterocycles. The quantitative estimate of drug-likeness (QED) is 0.887. The molecule has 0 aliphatic carbocycles. The average molecular weight is 262 g/mol. The number of hydrogen-bond acceptors (Lipinski definition) is 3. The summed E-state index contributed by atoms with van der Waals surface area (Å²) in [6.45, 7) is 2.14. The van der Waals surface area contributed by atoms with Crippen LogP contribution in [-0.4, -0.2) is 26.6 Å². The third-order valence-corrected chi connectivity index (χ3v) is 3.75. The Labute approximate surface area is 99.5 Å². The van der Waals surface area contributed by atoms with Crippen molar-refractivity contribution in [2.75, 3.05) is 12.3 Å². The molecule has 1 rings (SSSR count). The van der Waals surface area contributed by atoms with Crippen molar-refractivity contribution in [2.24, 2.45) is 0 Å². The summed E-state index contributed by atoms with van der Waals surface area (Å²) in [5.41, 5.74) is 0. The van der Waals surface area contributed by atoms with E-state index in [9.17, 15) is 13.2 Å². The minimum Gasteiger partial charge on any atom is -0.355 e. The minimum atomic E-state index is -3.57. The Kier molecular flexibility index (Phi) is 4.32. The molecule has 0 bridgehead atoms. The smallest absolute Gasteiger partial charge is 0.235 e. The van der Waals surface area contributed by atoms with Crippen molar-refractivity contribution in [1.29, 1.82) is 0 Å². The predicted octanol–water partition coefficient (Wildman–Crippen LogP) is 1.25. The van der Waals surface area contributed by atoms with Crippen molar-refractivity contribution in [3.8, 4) is 0 Å². The van der Waals surface area contributed by atoms with Gasteiger partial charge in [0.15, 0.2) is 9.84 Å². The normalized spacial score (nSPS) is 11.1. The Bertz CT molecular complexity index is 467. The average Bonchev–Trinajstić information content (AvgIpc) is 2.17. The zero-order valence-corrected chi connectivity index (χ0v) is 10.3. The van der Waals surface area contributed by atoms with Crippen LogP contribution in [0.2, 0.25) is 5.02 Å². The van der Waals surface area contributed by atoms with E-state index in [-0.39, 0.29) is 4.90 Å². The van der Waals surface area contributed by atoms with Crippen molar-refractivity contribution in [2.45, 2.75) is 11.8 Å². The van der Waals surface area contributed by atoms with Crippen LogP contribution in [0, 0.1) is 0 Å². The largest absolute Gasteiger partial charge is 0.355 e. The first-order valence-electron chi connectivity index (χ1n) is 4.70. The third kappa shape index (κ3) is 3.50. The van der Waals surface area contributed by atoms with Gasteiger partial charge in [0.1, 0.15) is 5.75 Å². The second-order valence-electron chi connectivity index (χ2n) is 3.17. The van der Waals surface area contributed by atoms with Crippen LogP contribution in [0.1, 0.15) is 6.92 Å². The summed E-state index contributed by atoms with van der Waals surface area (Å²) in [5.74, 6) is -1.04. The number of hydrogen-bond donors (Lipinski definition) is 1. The minimum absolute atomic E-state index is 0.100. The standard InChI is InChI=1S/C10H12ClNO3S/c1-2-12-10(13)7-16(14,15)9-5-3-8(11)4-6-9/h3-6H,2,7H2,1H3,(H,12,13). The first-order chi connectivity index (χ1) is 7.45. The van der Waals surface area contributed by atoms with Gasteiger partial charge >= 0.3 is 0 Å². The van der Waals surface area contributed by atoms with E-state index in [2.05, 4.69) is 5.32 Å². The van der Waals surface area contributed by atoms with Crippen LogP contribution < -0.4 is 5.32 Å². The van der Waals surface area contributed by atoms with Gasteiger partial charge in [0.25, 0.3) is 0 Å². The lowest BCUT2D eigenvalue weighted by atomic mass is 10.4. The Morgan fingerprint density at radius 2 is 1.88 bits per heavy atom. The molecule has 1 aromatic carbocycles. The molecule has 6 heteroatoms. The molecule has 0 aromatic heterocycles. The van der Waals surface area contributed by atoms with E-state index in [1.165, 1.54) is 24.3 Å². The SMILES string of the molecule is CCNC(=O)CS(=O)(=O)c1ccc(Cl)cc1. The second kappa shape index (κ2) is 5.32. The van der Waals surface area contributed by atoms with Crippen LogP contribution in [0.3, 0.4) is 0 Å². The molecule has 0 spiro atoms. The summed E-state index contributed by atoms with van der Waals surface area (Å²) in [6, 6.07) is 5.73. The van der Waals surface area contributed by atoms with Crippen LogP contribution in [0.4, 0.5) is 0 Å². The summed E-state index contributed by atoms with van der Waals surface area (Å²) < 4.78 is 23.4. The summed E-state index contributed by atoms with van der Waals surface area (Å²) in [7, 11) is -3.57. The molecule has 0 saturated carbocycles. The highest BCUT2D eigenvalue weighted by atomic mass is 35.5. The fourth-order valence-corrected chi connectivity index (χ4v) is 2.44. The van der Waals surface area contributed by atoms with Gasteiger partial charge in [-0.2, -0.15) is 0 Å². The van der Waals surface area contributed by atoms with Crippen molar-refractivity contribution >= 4 is 27.3 Å². The molecule has 1 aromatic rings. The van der Waals surface area contributed by atoms with E-state index in [1.54, 1.807) is 6.92 Å². The number of rotatable bonds is 4. The number of amides is 1. The first-order valence-corrected chi connectivity index (χ1v) is 6.74. The number of benzene rings is 1. The molecular weight excluding hydrogens is 250 g/mol. The lowest BCUT2D eigenvalue weighted by molar-refractivity contribution is -0.118. The zero-order valence-electron chi connectivity index (χ0n) is 8.73. The predicted molar refractivity (Wildman–Crippen MR) is 62.2 cm³/mol. The van der Waals surface area contributed by atoms with E-state index in [4.69, 9.17) is 11.6 Å². The maximum Gasteiger partial charge on any atom is 0.235 e. The number of carbonyl (C=O) groups excluding carboxylic acids is 1. The van der Waals surface area contributed by atoms with Crippen LogP contribution >= 0.6 is 11.6 Å². The molecule has 1 amide bonds. The van der Waals surface area contributed by atoms with Gasteiger partial charge in [-0.15, -0.1) is 0 Å². The fourth-order valence-electron chi connectivity index (χ4n) is 1.15.